The molecule has 2 rings (SSSR count). The molecule has 0 aliphatic rings. The van der Waals surface area contributed by atoms with Crippen LogP contribution in [0.5, 0.6) is 0 Å². The zero-order valence-corrected chi connectivity index (χ0v) is 9.38. The molecule has 4 heteroatoms. The van der Waals surface area contributed by atoms with Crippen LogP contribution in [0.15, 0.2) is 30.5 Å². The summed E-state index contributed by atoms with van der Waals surface area (Å²) in [6.45, 7) is 1.96. The van der Waals surface area contributed by atoms with Crippen LogP contribution in [0.1, 0.15) is 22.8 Å². The molecular formula is C12H15N3O. The standard InChI is InChI=1S/C12H15N3O/c1-8-5-3-4-6-9(8)11(16)10-7-14-15(2)12(10)13/h3-7,11,16H,13H2,1-2H3. The molecule has 2 aromatic rings. The second-order valence-corrected chi connectivity index (χ2v) is 3.87. The van der Waals surface area contributed by atoms with Crippen LogP contribution < -0.4 is 5.73 Å². The Morgan fingerprint density at radius 1 is 1.31 bits per heavy atom. The van der Waals surface area contributed by atoms with Gasteiger partial charge < -0.3 is 10.8 Å². The Hall–Kier alpha value is -1.81. The molecule has 4 nitrogen and oxygen atoms in total. The molecule has 0 spiro atoms. The van der Waals surface area contributed by atoms with E-state index in [0.717, 1.165) is 11.1 Å². The highest BCUT2D eigenvalue weighted by Gasteiger charge is 2.17. The van der Waals surface area contributed by atoms with Gasteiger partial charge >= 0.3 is 0 Å². The topological polar surface area (TPSA) is 64.1 Å². The maximum absolute atomic E-state index is 10.2. The number of nitrogens with two attached hydrogens (primary N) is 1. The number of hydrogen-bond donors (Lipinski definition) is 2. The molecule has 1 unspecified atom stereocenters. The average Bonchev–Trinajstić information content (AvgIpc) is 2.60. The zero-order valence-electron chi connectivity index (χ0n) is 9.38. The number of aromatic nitrogens is 2. The fourth-order valence-corrected chi connectivity index (χ4v) is 1.74. The van der Waals surface area contributed by atoms with E-state index in [0.29, 0.717) is 11.4 Å². The third kappa shape index (κ3) is 1.67. The van der Waals surface area contributed by atoms with Crippen LogP contribution in [-0.4, -0.2) is 14.9 Å². The SMILES string of the molecule is Cc1ccccc1C(O)c1cnn(C)c1N. The molecule has 0 saturated carbocycles. The number of nitrogen functional groups attached to an aromatic ring is 1. The minimum Gasteiger partial charge on any atom is -0.384 e. The molecule has 0 aliphatic heterocycles. The van der Waals surface area contributed by atoms with Crippen LogP contribution in [0, 0.1) is 6.92 Å². The largest absolute Gasteiger partial charge is 0.384 e. The van der Waals surface area contributed by atoms with Crippen molar-refractivity contribution >= 4 is 5.82 Å². The maximum atomic E-state index is 10.2. The first kappa shape index (κ1) is 10.7. The van der Waals surface area contributed by atoms with E-state index in [1.165, 1.54) is 0 Å². The van der Waals surface area contributed by atoms with Gasteiger partial charge in [-0.2, -0.15) is 5.10 Å². The lowest BCUT2D eigenvalue weighted by Crippen LogP contribution is -2.05. The van der Waals surface area contributed by atoms with E-state index in [9.17, 15) is 5.11 Å². The van der Waals surface area contributed by atoms with E-state index < -0.39 is 6.10 Å². The van der Waals surface area contributed by atoms with Gasteiger partial charge in [0.1, 0.15) is 11.9 Å². The summed E-state index contributed by atoms with van der Waals surface area (Å²) >= 11 is 0. The summed E-state index contributed by atoms with van der Waals surface area (Å²) in [7, 11) is 1.75. The van der Waals surface area contributed by atoms with Crippen molar-refractivity contribution in [3.8, 4) is 0 Å². The molecule has 1 atom stereocenters. The third-order valence-electron chi connectivity index (χ3n) is 2.79. The smallest absolute Gasteiger partial charge is 0.127 e. The van der Waals surface area contributed by atoms with Gasteiger partial charge in [0.2, 0.25) is 0 Å². The fraction of sp³-hybridized carbons (Fsp3) is 0.250. The Bertz CT molecular complexity index is 505. The number of benzene rings is 1. The van der Waals surface area contributed by atoms with E-state index in [2.05, 4.69) is 5.10 Å². The number of aliphatic hydroxyl groups excluding tert-OH is 1. The first-order valence-corrected chi connectivity index (χ1v) is 5.12. The second-order valence-electron chi connectivity index (χ2n) is 3.87. The predicted octanol–water partition coefficient (Wildman–Crippen LogP) is 1.39. The van der Waals surface area contributed by atoms with Gasteiger partial charge in [0, 0.05) is 12.6 Å². The molecule has 1 heterocycles. The van der Waals surface area contributed by atoms with Crippen molar-refractivity contribution in [3.05, 3.63) is 47.2 Å². The molecule has 0 fully saturated rings. The lowest BCUT2D eigenvalue weighted by molar-refractivity contribution is 0.220. The molecule has 1 aromatic carbocycles. The summed E-state index contributed by atoms with van der Waals surface area (Å²) < 4.78 is 1.55. The molecule has 84 valence electrons. The van der Waals surface area contributed by atoms with E-state index >= 15 is 0 Å². The molecule has 0 radical (unpaired) electrons. The fourth-order valence-electron chi connectivity index (χ4n) is 1.74. The highest BCUT2D eigenvalue weighted by Crippen LogP contribution is 2.27. The van der Waals surface area contributed by atoms with Gasteiger partial charge in [0.25, 0.3) is 0 Å². The monoisotopic (exact) mass is 217 g/mol. The van der Waals surface area contributed by atoms with Gasteiger partial charge in [0.05, 0.1) is 6.20 Å². The lowest BCUT2D eigenvalue weighted by atomic mass is 9.99. The van der Waals surface area contributed by atoms with Gasteiger partial charge in [-0.1, -0.05) is 24.3 Å². The second kappa shape index (κ2) is 3.98. The first-order valence-electron chi connectivity index (χ1n) is 5.12. The van der Waals surface area contributed by atoms with E-state index in [1.54, 1.807) is 17.9 Å². The Morgan fingerprint density at radius 2 is 2.00 bits per heavy atom. The van der Waals surface area contributed by atoms with Crippen LogP contribution in [0.2, 0.25) is 0 Å². The van der Waals surface area contributed by atoms with Crippen molar-refractivity contribution in [2.45, 2.75) is 13.0 Å². The van der Waals surface area contributed by atoms with Crippen LogP contribution >= 0.6 is 0 Å². The van der Waals surface area contributed by atoms with Gasteiger partial charge in [0.15, 0.2) is 0 Å². The van der Waals surface area contributed by atoms with Crippen molar-refractivity contribution < 1.29 is 5.11 Å². The number of hydrogen-bond acceptors (Lipinski definition) is 3. The van der Waals surface area contributed by atoms with Crippen LogP contribution in [-0.2, 0) is 7.05 Å². The van der Waals surface area contributed by atoms with Gasteiger partial charge in [-0.15, -0.1) is 0 Å². The van der Waals surface area contributed by atoms with Crippen LogP contribution in [0.4, 0.5) is 5.82 Å². The molecule has 3 N–H and O–H groups in total. The number of aliphatic hydroxyl groups is 1. The highest BCUT2D eigenvalue weighted by molar-refractivity contribution is 5.45. The number of rotatable bonds is 2. The Morgan fingerprint density at radius 3 is 2.56 bits per heavy atom. The Kier molecular flexibility index (Phi) is 2.66. The number of anilines is 1. The molecule has 16 heavy (non-hydrogen) atoms. The van der Waals surface area contributed by atoms with E-state index in [1.807, 2.05) is 31.2 Å². The van der Waals surface area contributed by atoms with Gasteiger partial charge in [-0.05, 0) is 18.1 Å². The van der Waals surface area contributed by atoms with Gasteiger partial charge in [-0.25, -0.2) is 0 Å². The summed E-state index contributed by atoms with van der Waals surface area (Å²) in [4.78, 5) is 0. The summed E-state index contributed by atoms with van der Waals surface area (Å²) in [5.74, 6) is 0.496. The first-order chi connectivity index (χ1) is 7.61. The minimum atomic E-state index is -0.713. The molecule has 0 amide bonds. The summed E-state index contributed by atoms with van der Waals surface area (Å²) in [6, 6.07) is 7.70. The highest BCUT2D eigenvalue weighted by atomic mass is 16.3. The summed E-state index contributed by atoms with van der Waals surface area (Å²) in [5.41, 5.74) is 8.38. The summed E-state index contributed by atoms with van der Waals surface area (Å²) in [6.07, 6.45) is 0.891. The Balaban J connectivity index is 2.43. The van der Waals surface area contributed by atoms with Gasteiger partial charge in [-0.3, -0.25) is 4.68 Å². The lowest BCUT2D eigenvalue weighted by Gasteiger charge is -2.12. The minimum absolute atomic E-state index is 0.496. The molecule has 1 aromatic heterocycles. The van der Waals surface area contributed by atoms with Crippen molar-refractivity contribution in [2.75, 3.05) is 5.73 Å². The molecule has 0 saturated heterocycles. The third-order valence-corrected chi connectivity index (χ3v) is 2.79. The molecule has 0 aliphatic carbocycles. The van der Waals surface area contributed by atoms with E-state index in [-0.39, 0.29) is 0 Å². The molecule has 0 bridgehead atoms. The van der Waals surface area contributed by atoms with E-state index in [4.69, 9.17) is 5.73 Å². The normalized spacial score (nSPS) is 12.7. The predicted molar refractivity (Wildman–Crippen MR) is 62.9 cm³/mol. The van der Waals surface area contributed by atoms with Crippen LogP contribution in [0.3, 0.4) is 0 Å². The van der Waals surface area contributed by atoms with Crippen LogP contribution in [0.25, 0.3) is 0 Å². The van der Waals surface area contributed by atoms with Crippen molar-refractivity contribution in [3.63, 3.8) is 0 Å². The van der Waals surface area contributed by atoms with Crippen molar-refractivity contribution in [2.24, 2.45) is 7.05 Å². The summed E-state index contributed by atoms with van der Waals surface area (Å²) in [5, 5.41) is 14.3. The number of aryl methyl sites for hydroxylation is 2. The number of nitrogens with zero attached hydrogens (tertiary/aromatic N) is 2. The Labute approximate surface area is 94.3 Å². The average molecular weight is 217 g/mol. The van der Waals surface area contributed by atoms with Crippen molar-refractivity contribution in [1.29, 1.82) is 0 Å². The van der Waals surface area contributed by atoms with Crippen molar-refractivity contribution in [1.82, 2.24) is 9.78 Å². The maximum Gasteiger partial charge on any atom is 0.127 e. The molecular weight excluding hydrogens is 202 g/mol. The quantitative estimate of drug-likeness (QED) is 0.799. The zero-order chi connectivity index (χ0) is 11.7.